The number of ether oxygens (including phenoxy) is 1. The van der Waals surface area contributed by atoms with Gasteiger partial charge >= 0.3 is 6.16 Å². The van der Waals surface area contributed by atoms with Crippen molar-refractivity contribution >= 4 is 6.16 Å². The van der Waals surface area contributed by atoms with Crippen LogP contribution in [0.25, 0.3) is 0 Å². The van der Waals surface area contributed by atoms with Gasteiger partial charge < -0.3 is 20.1 Å². The Morgan fingerprint density at radius 2 is 2.00 bits per heavy atom. The zero-order chi connectivity index (χ0) is 7.28. The van der Waals surface area contributed by atoms with Crippen LogP contribution in [0, 0.1) is 0 Å². The summed E-state index contributed by atoms with van der Waals surface area (Å²) < 4.78 is 3.90. The number of carboxylic acid groups (broad SMARTS) is 1. The maximum atomic E-state index is 9.60. The molecule has 7 heteroatoms. The largest absolute Gasteiger partial charge is 0.505 e. The first-order chi connectivity index (χ1) is 4.16. The average Bonchev–Trinajstić information content (AvgIpc) is 1.83. The number of carbonyl (C=O) groups is 1. The smallest absolute Gasteiger partial charge is 0.450 e. The zero-order valence-electron chi connectivity index (χ0n) is 5.73. The third-order valence-corrected chi connectivity index (χ3v) is 0.610. The fourth-order valence-electron chi connectivity index (χ4n) is 0.220. The molecule has 0 saturated carbocycles. The monoisotopic (exact) mass is 255 g/mol. The van der Waals surface area contributed by atoms with E-state index >= 15 is 0 Å². The maximum absolute atomic E-state index is 9.60. The quantitative estimate of drug-likeness (QED) is 0.447. The van der Waals surface area contributed by atoms with Gasteiger partial charge in [0.2, 0.25) is 0 Å². The van der Waals surface area contributed by atoms with Crippen LogP contribution >= 0.6 is 0 Å². The summed E-state index contributed by atoms with van der Waals surface area (Å²) in [7, 11) is 0. The molecule has 0 rings (SSSR count). The fourth-order valence-corrected chi connectivity index (χ4v) is 0.220. The Balaban J connectivity index is -0.000000320. The average molecular weight is 256 g/mol. The van der Waals surface area contributed by atoms with Crippen molar-refractivity contribution in [3.8, 4) is 0 Å². The van der Waals surface area contributed by atoms with Gasteiger partial charge in [0.05, 0.1) is 6.61 Å². The Morgan fingerprint density at radius 3 is 2.27 bits per heavy atom. The van der Waals surface area contributed by atoms with Crippen molar-refractivity contribution in [1.29, 1.82) is 0 Å². The van der Waals surface area contributed by atoms with Crippen molar-refractivity contribution in [1.82, 2.24) is 0 Å². The summed E-state index contributed by atoms with van der Waals surface area (Å²) in [4.78, 5) is 9.60. The second kappa shape index (κ2) is 10.3. The van der Waals surface area contributed by atoms with Gasteiger partial charge in [-0.1, -0.05) is 0 Å². The molecule has 0 heterocycles. The van der Waals surface area contributed by atoms with E-state index in [1.165, 1.54) is 0 Å². The molecule has 0 saturated heterocycles. The molecule has 11 heavy (non-hydrogen) atoms. The van der Waals surface area contributed by atoms with Crippen molar-refractivity contribution in [2.24, 2.45) is 0 Å². The van der Waals surface area contributed by atoms with E-state index in [4.69, 9.17) is 15.3 Å². The van der Waals surface area contributed by atoms with E-state index in [2.05, 4.69) is 4.74 Å². The van der Waals surface area contributed by atoms with E-state index in [1.54, 1.807) is 0 Å². The van der Waals surface area contributed by atoms with Crippen LogP contribution in [-0.4, -0.2) is 40.8 Å². The molecule has 0 amide bonds. The minimum absolute atomic E-state index is 0. The van der Waals surface area contributed by atoms with E-state index < -0.39 is 18.9 Å². The van der Waals surface area contributed by atoms with Gasteiger partial charge in [-0.3, -0.25) is 0 Å². The summed E-state index contributed by atoms with van der Waals surface area (Å²) in [6, 6.07) is 0. The standard InChI is InChI=1S/C4H8O5.Mn.Zn/c5-1-3(6)2-9-4(7)8;;/h3,5-6H,1-2H2,(H,7,8);;. The first-order valence-corrected chi connectivity index (χ1v) is 2.31. The summed E-state index contributed by atoms with van der Waals surface area (Å²) in [5.41, 5.74) is 0. The topological polar surface area (TPSA) is 87.0 Å². The minimum Gasteiger partial charge on any atom is -0.450 e. The first kappa shape index (κ1) is 17.4. The van der Waals surface area contributed by atoms with E-state index in [1.807, 2.05) is 0 Å². The second-order valence-electron chi connectivity index (χ2n) is 1.41. The zero-order valence-corrected chi connectivity index (χ0v) is 9.88. The van der Waals surface area contributed by atoms with Crippen molar-refractivity contribution in [3.05, 3.63) is 0 Å². The first-order valence-electron chi connectivity index (χ1n) is 2.31. The molecule has 0 aliphatic carbocycles. The van der Waals surface area contributed by atoms with Crippen molar-refractivity contribution < 1.29 is 61.4 Å². The van der Waals surface area contributed by atoms with Crippen molar-refractivity contribution in [2.45, 2.75) is 6.10 Å². The van der Waals surface area contributed by atoms with Gasteiger partial charge in [0.25, 0.3) is 0 Å². The summed E-state index contributed by atoms with van der Waals surface area (Å²) in [5, 5.41) is 24.4. The van der Waals surface area contributed by atoms with E-state index in [9.17, 15) is 4.79 Å². The van der Waals surface area contributed by atoms with E-state index in [0.29, 0.717) is 0 Å². The minimum atomic E-state index is -1.46. The summed E-state index contributed by atoms with van der Waals surface area (Å²) >= 11 is 0. The van der Waals surface area contributed by atoms with Crippen LogP contribution in [0.2, 0.25) is 0 Å². The predicted molar refractivity (Wildman–Crippen MR) is 27.1 cm³/mol. The Morgan fingerprint density at radius 1 is 1.55 bits per heavy atom. The fraction of sp³-hybridized carbons (Fsp3) is 0.750. The second-order valence-corrected chi connectivity index (χ2v) is 1.41. The van der Waals surface area contributed by atoms with Gasteiger partial charge in [0, 0.05) is 36.5 Å². The normalized spacial score (nSPS) is 10.4. The van der Waals surface area contributed by atoms with Crippen LogP contribution in [0.15, 0.2) is 0 Å². The number of hydrogen-bond donors (Lipinski definition) is 3. The van der Waals surface area contributed by atoms with Crippen LogP contribution in [-0.2, 0) is 41.3 Å². The Bertz CT molecular complexity index is 100. The number of aliphatic hydroxyl groups excluding tert-OH is 2. The van der Waals surface area contributed by atoms with Crippen molar-refractivity contribution in [2.75, 3.05) is 13.2 Å². The summed E-state index contributed by atoms with van der Waals surface area (Å²) in [6.45, 7) is -0.876. The molecule has 0 aliphatic heterocycles. The molecule has 0 aromatic rings. The molecule has 5 nitrogen and oxygen atoms in total. The Kier molecular flexibility index (Phi) is 16.4. The third kappa shape index (κ3) is 13.3. The molecule has 0 aliphatic rings. The van der Waals surface area contributed by atoms with Crippen molar-refractivity contribution in [3.63, 3.8) is 0 Å². The Hall–Kier alpha value is 0.333. The molecule has 0 spiro atoms. The van der Waals surface area contributed by atoms with E-state index in [0.717, 1.165) is 0 Å². The molecular formula is C4H8MnO5Zn. The predicted octanol–water partition coefficient (Wildman–Crippen LogP) is -0.971. The van der Waals surface area contributed by atoms with Gasteiger partial charge in [-0.15, -0.1) is 0 Å². The molecule has 1 radical (unpaired) electrons. The molecule has 63 valence electrons. The molecule has 0 aromatic carbocycles. The molecule has 1 atom stereocenters. The number of hydrogen-bond acceptors (Lipinski definition) is 4. The SMILES string of the molecule is O=C(O)OCC(O)CO.[Mn].[Zn]. The van der Waals surface area contributed by atoms with Crippen LogP contribution in [0.3, 0.4) is 0 Å². The molecule has 1 unspecified atom stereocenters. The van der Waals surface area contributed by atoms with Crippen LogP contribution < -0.4 is 0 Å². The third-order valence-electron chi connectivity index (χ3n) is 0.610. The van der Waals surface area contributed by atoms with Crippen LogP contribution in [0.1, 0.15) is 0 Å². The van der Waals surface area contributed by atoms with Crippen LogP contribution in [0.4, 0.5) is 4.79 Å². The molecule has 0 aromatic heterocycles. The molecular weight excluding hydrogens is 248 g/mol. The Labute approximate surface area is 87.0 Å². The van der Waals surface area contributed by atoms with Gasteiger partial charge in [-0.25, -0.2) is 4.79 Å². The van der Waals surface area contributed by atoms with Crippen LogP contribution in [0.5, 0.6) is 0 Å². The van der Waals surface area contributed by atoms with Gasteiger partial charge in [0.15, 0.2) is 0 Å². The van der Waals surface area contributed by atoms with Gasteiger partial charge in [-0.05, 0) is 0 Å². The maximum Gasteiger partial charge on any atom is 0.505 e. The molecule has 3 N–H and O–H groups in total. The van der Waals surface area contributed by atoms with Gasteiger partial charge in [0.1, 0.15) is 12.7 Å². The summed E-state index contributed by atoms with van der Waals surface area (Å²) in [6.07, 6.45) is -2.57. The summed E-state index contributed by atoms with van der Waals surface area (Å²) in [5.74, 6) is 0. The molecule has 0 bridgehead atoms. The number of rotatable bonds is 3. The molecule has 0 fully saturated rings. The van der Waals surface area contributed by atoms with E-state index in [-0.39, 0.29) is 43.2 Å². The van der Waals surface area contributed by atoms with Gasteiger partial charge in [-0.2, -0.15) is 0 Å². The number of aliphatic hydroxyl groups is 2.